The largest absolute Gasteiger partial charge is 0.347 e. The van der Waals surface area contributed by atoms with E-state index >= 15 is 0 Å². The quantitative estimate of drug-likeness (QED) is 0.217. The molecule has 0 radical (unpaired) electrons. The Morgan fingerprint density at radius 2 is 1.87 bits per heavy atom. The number of halogens is 1. The molecule has 1 aromatic carbocycles. The zero-order chi connectivity index (χ0) is 38.1. The van der Waals surface area contributed by atoms with Gasteiger partial charge in [0.25, 0.3) is 5.91 Å². The van der Waals surface area contributed by atoms with Gasteiger partial charge >= 0.3 is 0 Å². The summed E-state index contributed by atoms with van der Waals surface area (Å²) in [7, 11) is 0. The third-order valence-electron chi connectivity index (χ3n) is 10.1. The van der Waals surface area contributed by atoms with E-state index in [1.54, 1.807) is 18.2 Å². The van der Waals surface area contributed by atoms with Crippen LogP contribution in [-0.2, 0) is 33.6 Å². The normalized spacial score (nSPS) is 22.4. The molecule has 3 heterocycles. The Hall–Kier alpha value is -4.33. The van der Waals surface area contributed by atoms with Crippen LogP contribution >= 0.6 is 22.9 Å². The van der Waals surface area contributed by atoms with Crippen LogP contribution in [0.4, 0.5) is 0 Å². The van der Waals surface area contributed by atoms with Crippen LogP contribution in [0.25, 0.3) is 11.3 Å². The molecular formula is C39H46ClN5O7S. The smallest absolute Gasteiger partial charge is 0.289 e. The van der Waals surface area contributed by atoms with E-state index < -0.39 is 58.6 Å². The Labute approximate surface area is 318 Å². The molecule has 53 heavy (non-hydrogen) atoms. The van der Waals surface area contributed by atoms with Gasteiger partial charge in [0, 0.05) is 39.9 Å². The molecule has 282 valence electrons. The first-order valence-electron chi connectivity index (χ1n) is 18.1. The van der Waals surface area contributed by atoms with Crippen molar-refractivity contribution in [3.63, 3.8) is 0 Å². The standard InChI is InChI=1S/C39H46ClN5O7S/c1-5-8-27(33(48)36(50)41-24-12-13-24)42-35(49)29-20-39(19-28(44-52-39)22-9-6-10-23(40)17-22)21-45(29)37(51)34(38(2,3)4)43-32(47)18-26-25(14-15-30(26)46)31-11-7-16-53-31/h6-7,9-11,16-17,19,24,27,29,34,44H,5,8,12-15,18,20-21H2,1-4H3,(H,41,50)(H,42,49)(H,43,47)/t27-,29-,34+,39+/m0/s1. The highest BCUT2D eigenvalue weighted by Gasteiger charge is 2.54. The SMILES string of the molecule is CCC[C@H](NC(=O)[C@@H]1C[C@]2(C=C(c3cccc(Cl)c3)NO2)CN1C(=O)[C@@H](NC(=O)CC1=C(c2cccs2)CCC1=O)C(C)(C)C)C(=O)C(=O)NC1CC1. The number of rotatable bonds is 13. The van der Waals surface area contributed by atoms with Crippen molar-refractivity contribution in [3.05, 3.63) is 68.9 Å². The molecule has 2 aliphatic heterocycles. The Kier molecular flexibility index (Phi) is 11.3. The van der Waals surface area contributed by atoms with Gasteiger partial charge in [0.15, 0.2) is 5.78 Å². The number of allylic oxidation sites excluding steroid dienone is 1. The van der Waals surface area contributed by atoms with E-state index in [1.807, 2.05) is 57.4 Å². The fraction of sp³-hybridized carbons (Fsp3) is 0.487. The van der Waals surface area contributed by atoms with Gasteiger partial charge in [-0.15, -0.1) is 11.3 Å². The van der Waals surface area contributed by atoms with E-state index in [-0.39, 0.29) is 37.6 Å². The van der Waals surface area contributed by atoms with Gasteiger partial charge < -0.3 is 20.9 Å². The molecule has 6 rings (SSSR count). The van der Waals surface area contributed by atoms with Gasteiger partial charge in [-0.25, -0.2) is 0 Å². The fourth-order valence-electron chi connectivity index (χ4n) is 7.11. The predicted molar refractivity (Wildman–Crippen MR) is 201 cm³/mol. The summed E-state index contributed by atoms with van der Waals surface area (Å²) in [5, 5.41) is 10.8. The summed E-state index contributed by atoms with van der Waals surface area (Å²) >= 11 is 7.77. The van der Waals surface area contributed by atoms with E-state index in [9.17, 15) is 28.8 Å². The van der Waals surface area contributed by atoms with Crippen LogP contribution < -0.4 is 21.4 Å². The summed E-state index contributed by atoms with van der Waals surface area (Å²) in [4.78, 5) is 89.9. The van der Waals surface area contributed by atoms with Gasteiger partial charge in [0.2, 0.25) is 23.5 Å². The van der Waals surface area contributed by atoms with Crippen molar-refractivity contribution in [3.8, 4) is 0 Å². The zero-order valence-electron chi connectivity index (χ0n) is 30.4. The summed E-state index contributed by atoms with van der Waals surface area (Å²) in [5.74, 6) is -3.19. The molecule has 4 N–H and O–H groups in total. The number of benzene rings is 1. The number of nitrogens with zero attached hydrogens (tertiary/aromatic N) is 1. The van der Waals surface area contributed by atoms with Crippen LogP contribution in [0.3, 0.4) is 0 Å². The van der Waals surface area contributed by atoms with E-state index in [0.29, 0.717) is 35.6 Å². The molecule has 4 atom stereocenters. The molecule has 2 fully saturated rings. The molecular weight excluding hydrogens is 718 g/mol. The number of hydrogen-bond donors (Lipinski definition) is 4. The number of carbonyl (C=O) groups excluding carboxylic acids is 6. The van der Waals surface area contributed by atoms with E-state index in [1.165, 1.54) is 16.2 Å². The molecule has 1 aromatic heterocycles. The maximum absolute atomic E-state index is 14.7. The van der Waals surface area contributed by atoms with Crippen LogP contribution in [0.1, 0.15) is 89.5 Å². The van der Waals surface area contributed by atoms with Gasteiger partial charge in [-0.05, 0) is 66.3 Å². The lowest BCUT2D eigenvalue weighted by atomic mass is 9.85. The van der Waals surface area contributed by atoms with Crippen LogP contribution in [0.5, 0.6) is 0 Å². The van der Waals surface area contributed by atoms with Gasteiger partial charge in [-0.1, -0.05) is 63.9 Å². The van der Waals surface area contributed by atoms with Crippen LogP contribution in [0, 0.1) is 5.41 Å². The molecule has 2 aliphatic carbocycles. The lowest BCUT2D eigenvalue weighted by molar-refractivity contribution is -0.145. The van der Waals surface area contributed by atoms with Crippen LogP contribution in [0.2, 0.25) is 5.02 Å². The minimum atomic E-state index is -1.15. The van der Waals surface area contributed by atoms with Gasteiger partial charge in [-0.2, -0.15) is 0 Å². The maximum atomic E-state index is 14.7. The van der Waals surface area contributed by atoms with Crippen molar-refractivity contribution in [2.75, 3.05) is 6.54 Å². The summed E-state index contributed by atoms with van der Waals surface area (Å²) < 4.78 is 0. The number of thiophene rings is 1. The molecule has 1 spiro atoms. The first-order chi connectivity index (χ1) is 25.2. The number of carbonyl (C=O) groups is 6. The molecule has 12 nitrogen and oxygen atoms in total. The second-order valence-electron chi connectivity index (χ2n) is 15.4. The lowest BCUT2D eigenvalue weighted by Crippen LogP contribution is -2.59. The minimum Gasteiger partial charge on any atom is -0.347 e. The second-order valence-corrected chi connectivity index (χ2v) is 16.8. The lowest BCUT2D eigenvalue weighted by Gasteiger charge is -2.35. The van der Waals surface area contributed by atoms with Crippen molar-refractivity contribution < 1.29 is 33.6 Å². The van der Waals surface area contributed by atoms with Gasteiger partial charge in [0.05, 0.1) is 24.7 Å². The molecule has 2 aromatic rings. The summed E-state index contributed by atoms with van der Waals surface area (Å²) in [6.45, 7) is 7.23. The summed E-state index contributed by atoms with van der Waals surface area (Å²) in [6.07, 6.45) is 4.91. The average Bonchev–Trinajstić information content (AvgIpc) is 3.47. The number of amides is 4. The van der Waals surface area contributed by atoms with Crippen LogP contribution in [-0.4, -0.2) is 76.4 Å². The monoisotopic (exact) mass is 763 g/mol. The molecule has 0 bridgehead atoms. The topological polar surface area (TPSA) is 163 Å². The summed E-state index contributed by atoms with van der Waals surface area (Å²) in [6, 6.07) is 7.65. The zero-order valence-corrected chi connectivity index (χ0v) is 32.0. The minimum absolute atomic E-state index is 0.0271. The predicted octanol–water partition coefficient (Wildman–Crippen LogP) is 4.49. The fourth-order valence-corrected chi connectivity index (χ4v) is 8.13. The molecule has 1 saturated heterocycles. The Morgan fingerprint density at radius 3 is 2.53 bits per heavy atom. The first kappa shape index (κ1) is 38.4. The van der Waals surface area contributed by atoms with Crippen molar-refractivity contribution in [1.82, 2.24) is 26.3 Å². The first-order valence-corrected chi connectivity index (χ1v) is 19.4. The second kappa shape index (κ2) is 15.6. The Bertz CT molecular complexity index is 1860. The van der Waals surface area contributed by atoms with Crippen molar-refractivity contribution >= 4 is 69.4 Å². The Balaban J connectivity index is 1.27. The van der Waals surface area contributed by atoms with E-state index in [0.717, 1.165) is 28.9 Å². The average molecular weight is 764 g/mol. The molecule has 1 saturated carbocycles. The van der Waals surface area contributed by atoms with Gasteiger partial charge in [-0.3, -0.25) is 39.1 Å². The number of Topliss-reactive ketones (excluding diaryl/α,β-unsaturated/α-hetero) is 2. The highest BCUT2D eigenvalue weighted by Crippen LogP contribution is 2.40. The summed E-state index contributed by atoms with van der Waals surface area (Å²) in [5.41, 5.74) is 3.63. The van der Waals surface area contributed by atoms with E-state index in [4.69, 9.17) is 16.4 Å². The third-order valence-corrected chi connectivity index (χ3v) is 11.2. The highest BCUT2D eigenvalue weighted by molar-refractivity contribution is 7.11. The number of ketones is 2. The van der Waals surface area contributed by atoms with Crippen molar-refractivity contribution in [2.24, 2.45) is 5.41 Å². The number of hydrogen-bond acceptors (Lipinski definition) is 9. The molecule has 4 aliphatic rings. The number of nitrogens with one attached hydrogen (secondary N) is 4. The highest BCUT2D eigenvalue weighted by atomic mass is 35.5. The number of likely N-dealkylation sites (tertiary alicyclic amines) is 1. The van der Waals surface area contributed by atoms with Gasteiger partial charge in [0.1, 0.15) is 17.7 Å². The Morgan fingerprint density at radius 1 is 1.09 bits per heavy atom. The molecule has 4 amide bonds. The van der Waals surface area contributed by atoms with Crippen molar-refractivity contribution in [1.29, 1.82) is 0 Å². The molecule has 14 heteroatoms. The van der Waals surface area contributed by atoms with Crippen molar-refractivity contribution in [2.45, 2.75) is 109 Å². The number of hydroxylamine groups is 1. The third kappa shape index (κ3) is 8.74. The van der Waals surface area contributed by atoms with Crippen LogP contribution in [0.15, 0.2) is 53.4 Å². The van der Waals surface area contributed by atoms with E-state index in [2.05, 4.69) is 21.4 Å². The maximum Gasteiger partial charge on any atom is 0.289 e. The molecule has 0 unspecified atom stereocenters.